The molecule has 174 valence electrons. The Balaban J connectivity index is 1.14. The van der Waals surface area contributed by atoms with Crippen LogP contribution in [0.3, 0.4) is 0 Å². The standard InChI is InChI=1S/C29H28FNO3/c30-20-11-9-19(10-12-20)15-29(33)16-21-13-14-22(17-29)31(21)28(32)34-18-27-25-7-3-1-5-23(25)24-6-2-4-8-26(24)27/h1-12,21-22,27,33H,13-18H2. The summed E-state index contributed by atoms with van der Waals surface area (Å²) in [5, 5.41) is 11.3. The molecule has 2 unspecified atom stereocenters. The zero-order valence-corrected chi connectivity index (χ0v) is 19.0. The highest BCUT2D eigenvalue weighted by molar-refractivity contribution is 5.79. The van der Waals surface area contributed by atoms with Crippen LogP contribution >= 0.6 is 0 Å². The zero-order valence-electron chi connectivity index (χ0n) is 19.0. The van der Waals surface area contributed by atoms with Crippen LogP contribution in [0.2, 0.25) is 0 Å². The molecule has 34 heavy (non-hydrogen) atoms. The van der Waals surface area contributed by atoms with Gasteiger partial charge in [0.2, 0.25) is 0 Å². The second-order valence-corrected chi connectivity index (χ2v) is 10.0. The fourth-order valence-electron chi connectivity index (χ4n) is 6.42. The average molecular weight is 458 g/mol. The first-order valence-electron chi connectivity index (χ1n) is 12.1. The summed E-state index contributed by atoms with van der Waals surface area (Å²) in [5.74, 6) is -0.241. The number of carbonyl (C=O) groups excluding carboxylic acids is 1. The predicted octanol–water partition coefficient (Wildman–Crippen LogP) is 5.68. The van der Waals surface area contributed by atoms with Crippen LogP contribution in [-0.2, 0) is 11.2 Å². The maximum atomic E-state index is 13.3. The van der Waals surface area contributed by atoms with E-state index in [-0.39, 0.29) is 29.9 Å². The van der Waals surface area contributed by atoms with E-state index >= 15 is 0 Å². The number of amides is 1. The van der Waals surface area contributed by atoms with Crippen LogP contribution in [0.15, 0.2) is 72.8 Å². The van der Waals surface area contributed by atoms with E-state index in [1.807, 2.05) is 29.2 Å². The molecule has 1 N–H and O–H groups in total. The fraction of sp³-hybridized carbons (Fsp3) is 0.345. The first kappa shape index (κ1) is 21.4. The lowest BCUT2D eigenvalue weighted by Crippen LogP contribution is -2.54. The molecule has 3 aromatic carbocycles. The van der Waals surface area contributed by atoms with E-state index in [2.05, 4.69) is 24.3 Å². The normalized spacial score (nSPS) is 25.2. The molecule has 4 nitrogen and oxygen atoms in total. The Bertz CT molecular complexity index is 1160. The van der Waals surface area contributed by atoms with Gasteiger partial charge in [0.05, 0.1) is 5.60 Å². The van der Waals surface area contributed by atoms with E-state index in [0.29, 0.717) is 25.9 Å². The number of fused-ring (bicyclic) bond motifs is 5. The van der Waals surface area contributed by atoms with Crippen molar-refractivity contribution in [3.05, 3.63) is 95.3 Å². The molecule has 0 aromatic heterocycles. The Morgan fingerprint density at radius 2 is 1.47 bits per heavy atom. The van der Waals surface area contributed by atoms with Gasteiger partial charge in [0.15, 0.2) is 0 Å². The third-order valence-electron chi connectivity index (χ3n) is 7.84. The van der Waals surface area contributed by atoms with Crippen molar-refractivity contribution in [2.75, 3.05) is 6.61 Å². The average Bonchev–Trinajstić information content (AvgIpc) is 3.31. The summed E-state index contributed by atoms with van der Waals surface area (Å²) in [4.78, 5) is 15.1. The summed E-state index contributed by atoms with van der Waals surface area (Å²) in [6, 6.07) is 22.9. The minimum atomic E-state index is -0.885. The number of rotatable bonds is 4. The molecular weight excluding hydrogens is 429 g/mol. The van der Waals surface area contributed by atoms with Crippen molar-refractivity contribution >= 4 is 6.09 Å². The highest BCUT2D eigenvalue weighted by Gasteiger charge is 2.50. The molecule has 2 fully saturated rings. The number of piperidine rings is 1. The monoisotopic (exact) mass is 457 g/mol. The molecule has 6 rings (SSSR count). The molecule has 2 aliphatic heterocycles. The van der Waals surface area contributed by atoms with Crippen molar-refractivity contribution in [1.82, 2.24) is 4.90 Å². The van der Waals surface area contributed by atoms with Gasteiger partial charge in [-0.25, -0.2) is 9.18 Å². The smallest absolute Gasteiger partial charge is 0.410 e. The van der Waals surface area contributed by atoms with Crippen LogP contribution < -0.4 is 0 Å². The molecule has 2 heterocycles. The molecule has 1 aliphatic carbocycles. The molecule has 1 amide bonds. The quantitative estimate of drug-likeness (QED) is 0.549. The van der Waals surface area contributed by atoms with Gasteiger partial charge in [-0.05, 0) is 65.6 Å². The minimum Gasteiger partial charge on any atom is -0.448 e. The molecule has 2 saturated heterocycles. The van der Waals surface area contributed by atoms with Crippen molar-refractivity contribution in [2.24, 2.45) is 0 Å². The lowest BCUT2D eigenvalue weighted by Gasteiger charge is -2.43. The maximum Gasteiger partial charge on any atom is 0.410 e. The first-order valence-corrected chi connectivity index (χ1v) is 12.1. The molecule has 0 saturated carbocycles. The SMILES string of the molecule is O=C(OCC1c2ccccc2-c2ccccc21)N1C2CCC1CC(O)(Cc1ccc(F)cc1)C2. The number of aliphatic hydroxyl groups is 1. The Labute approximate surface area is 199 Å². The van der Waals surface area contributed by atoms with Crippen LogP contribution in [-0.4, -0.2) is 40.4 Å². The number of hydrogen-bond donors (Lipinski definition) is 1. The molecular formula is C29H28FNO3. The van der Waals surface area contributed by atoms with E-state index in [1.54, 1.807) is 12.1 Å². The number of ether oxygens (including phenoxy) is 1. The lowest BCUT2D eigenvalue weighted by atomic mass is 9.81. The van der Waals surface area contributed by atoms with Gasteiger partial charge in [-0.1, -0.05) is 60.7 Å². The van der Waals surface area contributed by atoms with Gasteiger partial charge < -0.3 is 14.7 Å². The minimum absolute atomic E-state index is 0.0279. The summed E-state index contributed by atoms with van der Waals surface area (Å²) < 4.78 is 19.2. The van der Waals surface area contributed by atoms with E-state index in [9.17, 15) is 14.3 Å². The van der Waals surface area contributed by atoms with Gasteiger partial charge in [-0.15, -0.1) is 0 Å². The molecule has 0 spiro atoms. The van der Waals surface area contributed by atoms with Crippen molar-refractivity contribution in [2.45, 2.75) is 55.7 Å². The summed E-state index contributed by atoms with van der Waals surface area (Å²) in [5.41, 5.74) is 4.85. The van der Waals surface area contributed by atoms with Gasteiger partial charge in [-0.3, -0.25) is 0 Å². The summed E-state index contributed by atoms with van der Waals surface area (Å²) in [6.07, 6.45) is 2.98. The third kappa shape index (κ3) is 3.68. The van der Waals surface area contributed by atoms with Crippen molar-refractivity contribution in [1.29, 1.82) is 0 Å². The molecule has 0 radical (unpaired) electrons. The van der Waals surface area contributed by atoms with Crippen LogP contribution in [0, 0.1) is 5.82 Å². The lowest BCUT2D eigenvalue weighted by molar-refractivity contribution is -0.0479. The molecule has 3 aliphatic rings. The van der Waals surface area contributed by atoms with E-state index in [4.69, 9.17) is 4.74 Å². The van der Waals surface area contributed by atoms with E-state index in [1.165, 1.54) is 34.4 Å². The molecule has 2 bridgehead atoms. The highest BCUT2D eigenvalue weighted by Crippen LogP contribution is 2.46. The second-order valence-electron chi connectivity index (χ2n) is 10.0. The molecule has 3 aromatic rings. The van der Waals surface area contributed by atoms with Crippen molar-refractivity contribution in [3.63, 3.8) is 0 Å². The van der Waals surface area contributed by atoms with Gasteiger partial charge in [0, 0.05) is 24.4 Å². The van der Waals surface area contributed by atoms with Crippen molar-refractivity contribution in [3.8, 4) is 11.1 Å². The van der Waals surface area contributed by atoms with E-state index < -0.39 is 5.60 Å². The molecule has 5 heteroatoms. The Morgan fingerprint density at radius 1 is 0.912 bits per heavy atom. The summed E-state index contributed by atoms with van der Waals surface area (Å²) in [6.45, 7) is 0.308. The number of halogens is 1. The van der Waals surface area contributed by atoms with Gasteiger partial charge >= 0.3 is 6.09 Å². The third-order valence-corrected chi connectivity index (χ3v) is 7.84. The van der Waals surface area contributed by atoms with Gasteiger partial charge in [-0.2, -0.15) is 0 Å². The molecule has 2 atom stereocenters. The number of hydrogen-bond acceptors (Lipinski definition) is 3. The van der Waals surface area contributed by atoms with Crippen LogP contribution in [0.25, 0.3) is 11.1 Å². The Morgan fingerprint density at radius 3 is 2.06 bits per heavy atom. The number of nitrogens with zero attached hydrogens (tertiary/aromatic N) is 1. The Hall–Kier alpha value is -3.18. The summed E-state index contributed by atoms with van der Waals surface area (Å²) in [7, 11) is 0. The number of benzene rings is 3. The van der Waals surface area contributed by atoms with Crippen molar-refractivity contribution < 1.29 is 19.0 Å². The topological polar surface area (TPSA) is 49.8 Å². The van der Waals surface area contributed by atoms with Gasteiger partial charge in [0.1, 0.15) is 12.4 Å². The second kappa shape index (κ2) is 8.24. The van der Waals surface area contributed by atoms with Crippen LogP contribution in [0.1, 0.15) is 48.3 Å². The van der Waals surface area contributed by atoms with Gasteiger partial charge in [0.25, 0.3) is 0 Å². The number of carbonyl (C=O) groups is 1. The Kier molecular flexibility index (Phi) is 5.18. The van der Waals surface area contributed by atoms with E-state index in [0.717, 1.165) is 18.4 Å². The predicted molar refractivity (Wildman–Crippen MR) is 128 cm³/mol. The van der Waals surface area contributed by atoms with Crippen LogP contribution in [0.4, 0.5) is 9.18 Å². The summed E-state index contributed by atoms with van der Waals surface area (Å²) >= 11 is 0. The zero-order chi connectivity index (χ0) is 23.3. The highest BCUT2D eigenvalue weighted by atomic mass is 19.1. The maximum absolute atomic E-state index is 13.3. The largest absolute Gasteiger partial charge is 0.448 e. The first-order chi connectivity index (χ1) is 16.5. The fourth-order valence-corrected chi connectivity index (χ4v) is 6.42. The van der Waals surface area contributed by atoms with Crippen LogP contribution in [0.5, 0.6) is 0 Å².